The fourth-order valence-electron chi connectivity index (χ4n) is 0. The first-order valence-electron chi connectivity index (χ1n) is 9.79. The van der Waals surface area contributed by atoms with Gasteiger partial charge in [-0.05, 0) is 38.5 Å². The van der Waals surface area contributed by atoms with Crippen LogP contribution in [0.1, 0.15) is 80.1 Å². The first-order valence-corrected chi connectivity index (χ1v) is 9.79. The molecule has 0 unspecified atom stereocenters. The van der Waals surface area contributed by atoms with Crippen molar-refractivity contribution in [1.82, 2.24) is 0 Å². The molecule has 0 aromatic rings. The molecule has 17 nitrogen and oxygen atoms in total. The van der Waals surface area contributed by atoms with Crippen LogP contribution in [-0.4, -0.2) is 115 Å². The maximum atomic E-state index is 7.92. The molecule has 24 N–H and O–H groups in total. The monoisotopic (exact) mass is 842 g/mol. The molecule has 0 aliphatic carbocycles. The Kier molecular flexibility index (Phi) is 197. The Balaban J connectivity index is -0.0000000145. The Morgan fingerprint density at radius 3 is 0.316 bits per heavy atom. The smallest absolute Gasteiger partial charge is 0.151 e. The van der Waals surface area contributed by atoms with Crippen LogP contribution < -0.4 is 0 Å². The Bertz CT molecular complexity index is 196. The van der Waals surface area contributed by atoms with Gasteiger partial charge in [-0.2, -0.15) is 0 Å². The summed E-state index contributed by atoms with van der Waals surface area (Å²) in [6.07, 6.45) is -4.19. The van der Waals surface area contributed by atoms with Gasteiger partial charge in [0.1, 0.15) is 0 Å². The molecule has 0 spiro atoms. The zero-order valence-electron chi connectivity index (χ0n) is 23.0. The van der Waals surface area contributed by atoms with E-state index >= 15 is 0 Å². The van der Waals surface area contributed by atoms with Gasteiger partial charge in [0, 0.05) is 63.2 Å². The van der Waals surface area contributed by atoms with Crippen molar-refractivity contribution in [3.05, 3.63) is 0 Å². The van der Waals surface area contributed by atoms with Gasteiger partial charge in [-0.1, -0.05) is 41.5 Å². The summed E-state index contributed by atoms with van der Waals surface area (Å²) >= 11 is 0. The molecule has 0 saturated carbocycles. The molecular formula is C18H60Mo3O17+2. The molecule has 0 amide bonds. The van der Waals surface area contributed by atoms with Crippen LogP contribution in [0.5, 0.6) is 0 Å². The third-order valence-corrected chi connectivity index (χ3v) is 2.19. The predicted molar refractivity (Wildman–Crippen MR) is 132 cm³/mol. The fourth-order valence-corrected chi connectivity index (χ4v) is 0. The predicted octanol–water partition coefficient (Wildman–Crippen LogP) is -6.08. The number of aliphatic hydroxyl groups is 12. The molecule has 0 aromatic carbocycles. The molecule has 0 heterocycles. The average molecular weight is 836 g/mol. The van der Waals surface area contributed by atoms with Crippen LogP contribution in [0.25, 0.3) is 0 Å². The van der Waals surface area contributed by atoms with E-state index in [-0.39, 0.29) is 90.6 Å². The van der Waals surface area contributed by atoms with Crippen LogP contribution in [0, 0.1) is 0 Å². The number of rotatable bonds is 6. The van der Waals surface area contributed by atoms with E-state index in [2.05, 4.69) is 0 Å². The maximum Gasteiger partial charge on any atom is 0.151 e. The van der Waals surface area contributed by atoms with Crippen molar-refractivity contribution in [2.45, 2.75) is 118 Å². The summed E-state index contributed by atoms with van der Waals surface area (Å²) < 4.78 is 0. The summed E-state index contributed by atoms with van der Waals surface area (Å²) in [5.41, 5.74) is 0. The first-order chi connectivity index (χ1) is 13.6. The second-order valence-electron chi connectivity index (χ2n) is 5.33. The van der Waals surface area contributed by atoms with Crippen LogP contribution in [0.2, 0.25) is 0 Å². The van der Waals surface area contributed by atoms with Crippen molar-refractivity contribution in [2.24, 2.45) is 0 Å². The summed E-state index contributed by atoms with van der Waals surface area (Å²) in [7, 11) is 0. The van der Waals surface area contributed by atoms with E-state index in [9.17, 15) is 0 Å². The molecule has 0 aromatic heterocycles. The number of hydrogen-bond donors (Lipinski definition) is 12. The molecule has 0 saturated heterocycles. The van der Waals surface area contributed by atoms with Gasteiger partial charge in [-0.3, -0.25) is 0 Å². The van der Waals surface area contributed by atoms with E-state index in [4.69, 9.17) is 61.3 Å². The van der Waals surface area contributed by atoms with E-state index in [1.54, 1.807) is 41.5 Å². The van der Waals surface area contributed by atoms with Crippen molar-refractivity contribution in [2.75, 3.05) is 0 Å². The second-order valence-corrected chi connectivity index (χ2v) is 5.33. The number of aliphatic hydroxyl groups excluding tert-OH is 6. The van der Waals surface area contributed by atoms with Gasteiger partial charge in [0.05, 0.1) is 0 Å². The molecule has 38 heavy (non-hydrogen) atoms. The van der Waals surface area contributed by atoms with Gasteiger partial charge in [-0.25, -0.2) is 0 Å². The molecule has 20 heteroatoms. The minimum Gasteiger partial charge on any atom is -0.457 e. The van der Waals surface area contributed by atoms with Gasteiger partial charge in [0.2, 0.25) is 0 Å². The minimum absolute atomic E-state index is 0. The summed E-state index contributed by atoms with van der Waals surface area (Å²) in [6, 6.07) is 0. The third kappa shape index (κ3) is 276. The van der Waals surface area contributed by atoms with Gasteiger partial charge in [-0.15, -0.1) is 0 Å². The van der Waals surface area contributed by atoms with Crippen LogP contribution in [0.4, 0.5) is 0 Å². The minimum atomic E-state index is -1.12. The Morgan fingerprint density at radius 1 is 0.289 bits per heavy atom. The first kappa shape index (κ1) is 90.1. The van der Waals surface area contributed by atoms with Crippen LogP contribution in [-0.2, 0) is 74.1 Å². The molecule has 0 aliphatic heterocycles. The van der Waals surface area contributed by atoms with Gasteiger partial charge in [0.25, 0.3) is 0 Å². The largest absolute Gasteiger partial charge is 0.457 e. The van der Waals surface area contributed by atoms with E-state index in [1.807, 2.05) is 0 Å². The van der Waals surface area contributed by atoms with Gasteiger partial charge in [0.15, 0.2) is 37.7 Å². The molecule has 0 rings (SSSR count). The van der Waals surface area contributed by atoms with Gasteiger partial charge >= 0.3 is 0 Å². The SMILES string of the molecule is CCC(O)O.CCC(O)O.CCC(O)O.CCC(O)O.CCC(O)O.CCC(O)O.O.O.O.[Mo].[Mo].[Mo].[OH3+].[OH3+]. The Morgan fingerprint density at radius 2 is 0.316 bits per heavy atom. The maximum absolute atomic E-state index is 7.92. The zero-order valence-corrected chi connectivity index (χ0v) is 29.0. The Hall–Kier alpha value is 1.38. The summed E-state index contributed by atoms with van der Waals surface area (Å²) in [4.78, 5) is 0. The molecule has 0 radical (unpaired) electrons. The average Bonchev–Trinajstić information content (AvgIpc) is 2.69. The molecule has 0 fully saturated rings. The third-order valence-electron chi connectivity index (χ3n) is 2.19. The zero-order chi connectivity index (χ0) is 25.7. The summed E-state index contributed by atoms with van der Waals surface area (Å²) in [5.74, 6) is 0. The van der Waals surface area contributed by atoms with E-state index in [0.717, 1.165) is 0 Å². The van der Waals surface area contributed by atoms with Crippen LogP contribution in [0.15, 0.2) is 0 Å². The van der Waals surface area contributed by atoms with Crippen molar-refractivity contribution in [1.29, 1.82) is 0 Å². The molecule has 0 bridgehead atoms. The van der Waals surface area contributed by atoms with Crippen molar-refractivity contribution >= 4 is 0 Å². The second kappa shape index (κ2) is 83.3. The Labute approximate surface area is 268 Å². The quantitative estimate of drug-likeness (QED) is 0.0676. The van der Waals surface area contributed by atoms with Crippen LogP contribution >= 0.6 is 0 Å². The number of hydrogen-bond acceptors (Lipinski definition) is 12. The molecular weight excluding hydrogens is 776 g/mol. The van der Waals surface area contributed by atoms with Crippen LogP contribution in [0.3, 0.4) is 0 Å². The van der Waals surface area contributed by atoms with Crippen molar-refractivity contribution in [3.63, 3.8) is 0 Å². The molecule has 0 atom stereocenters. The normalized spacial score (nSPS) is 7.58. The summed E-state index contributed by atoms with van der Waals surface area (Å²) in [6.45, 7) is 10.2. The fraction of sp³-hybridized carbons (Fsp3) is 1.00. The molecule has 250 valence electrons. The van der Waals surface area contributed by atoms with Crippen molar-refractivity contribution in [3.8, 4) is 0 Å². The summed E-state index contributed by atoms with van der Waals surface area (Å²) in [5, 5.41) is 95.0. The van der Waals surface area contributed by atoms with Crippen molar-refractivity contribution < 1.29 is 152 Å². The topological polar surface area (TPSA) is 403 Å². The van der Waals surface area contributed by atoms with Gasteiger partial charge < -0.3 is 88.7 Å². The van der Waals surface area contributed by atoms with E-state index in [0.29, 0.717) is 38.5 Å². The standard InChI is InChI=1S/6C3H8O2.3Mo.5H2O/c6*1-2-3(4)5;;;;;;;;/h6*3-5H,2H2,1H3;;;;5*1H2/p+2. The van der Waals surface area contributed by atoms with E-state index in [1.165, 1.54) is 0 Å². The van der Waals surface area contributed by atoms with E-state index < -0.39 is 37.7 Å². The molecule has 0 aliphatic rings.